The van der Waals surface area contributed by atoms with Crippen molar-refractivity contribution in [3.63, 3.8) is 0 Å². The molecule has 25 heavy (non-hydrogen) atoms. The molecule has 0 aliphatic heterocycles. The number of unbranched alkanes of at least 4 members (excludes halogenated alkanes) is 1. The summed E-state index contributed by atoms with van der Waals surface area (Å²) >= 11 is 1.76. The molecule has 0 saturated carbocycles. The normalized spacial score (nSPS) is 12.0. The molecule has 5 nitrogen and oxygen atoms in total. The summed E-state index contributed by atoms with van der Waals surface area (Å²) in [4.78, 5) is 11.3. The molecule has 0 atom stereocenters. The maximum absolute atomic E-state index is 4.50. The molecule has 0 radical (unpaired) electrons. The van der Waals surface area contributed by atoms with E-state index in [0.29, 0.717) is 12.1 Å². The standard InChI is InChI=1S/C18H35N5S.HI/c1-14(2)23(15(3)4)12-11-21-18(19-6)20-10-8-7-9-17-22-16(5)13-24-17;/h13-15H,7-12H2,1-6H3,(H2,19,20,21);1H. The van der Waals surface area contributed by atoms with Gasteiger partial charge >= 0.3 is 0 Å². The number of nitrogens with one attached hydrogen (secondary N) is 2. The molecule has 0 unspecified atom stereocenters. The van der Waals surface area contributed by atoms with Gasteiger partial charge in [0.05, 0.1) is 5.01 Å². The predicted octanol–water partition coefficient (Wildman–Crippen LogP) is 3.68. The Labute approximate surface area is 175 Å². The SMILES string of the molecule is CN=C(NCCCCc1nc(C)cs1)NCCN(C(C)C)C(C)C.I. The van der Waals surface area contributed by atoms with Gasteiger partial charge in [0.2, 0.25) is 0 Å². The van der Waals surface area contributed by atoms with Crippen LogP contribution < -0.4 is 10.6 Å². The lowest BCUT2D eigenvalue weighted by molar-refractivity contribution is 0.178. The molecular formula is C18H36IN5S. The second-order valence-electron chi connectivity index (χ2n) is 6.69. The second-order valence-corrected chi connectivity index (χ2v) is 7.63. The van der Waals surface area contributed by atoms with E-state index >= 15 is 0 Å². The molecular weight excluding hydrogens is 445 g/mol. The number of hydrogen-bond donors (Lipinski definition) is 2. The molecule has 146 valence electrons. The summed E-state index contributed by atoms with van der Waals surface area (Å²) in [5.74, 6) is 0.896. The van der Waals surface area contributed by atoms with Gasteiger partial charge in [-0.1, -0.05) is 0 Å². The van der Waals surface area contributed by atoms with Crippen LogP contribution >= 0.6 is 35.3 Å². The Morgan fingerprint density at radius 2 is 1.80 bits per heavy atom. The molecule has 0 amide bonds. The molecule has 0 bridgehead atoms. The second kappa shape index (κ2) is 13.7. The van der Waals surface area contributed by atoms with Crippen molar-refractivity contribution < 1.29 is 0 Å². The molecule has 2 N–H and O–H groups in total. The minimum absolute atomic E-state index is 0. The minimum Gasteiger partial charge on any atom is -0.356 e. The third kappa shape index (κ3) is 10.4. The van der Waals surface area contributed by atoms with Crippen molar-refractivity contribution in [2.75, 3.05) is 26.7 Å². The molecule has 0 saturated heterocycles. The average molecular weight is 481 g/mol. The van der Waals surface area contributed by atoms with Crippen LogP contribution in [0.2, 0.25) is 0 Å². The number of aromatic nitrogens is 1. The lowest BCUT2D eigenvalue weighted by Gasteiger charge is -2.30. The first-order valence-corrected chi connectivity index (χ1v) is 9.93. The molecule has 1 aromatic rings. The Balaban J connectivity index is 0.00000576. The number of thiazole rings is 1. The molecule has 1 aromatic heterocycles. The van der Waals surface area contributed by atoms with Crippen molar-refractivity contribution in [3.8, 4) is 0 Å². The fourth-order valence-electron chi connectivity index (χ4n) is 2.76. The first-order chi connectivity index (χ1) is 11.4. The van der Waals surface area contributed by atoms with Gasteiger partial charge in [0, 0.05) is 49.8 Å². The lowest BCUT2D eigenvalue weighted by atomic mass is 10.2. The van der Waals surface area contributed by atoms with Gasteiger partial charge in [0.1, 0.15) is 0 Å². The van der Waals surface area contributed by atoms with Crippen LogP contribution in [0.25, 0.3) is 0 Å². The maximum atomic E-state index is 4.50. The van der Waals surface area contributed by atoms with Gasteiger partial charge in [-0.2, -0.15) is 0 Å². The maximum Gasteiger partial charge on any atom is 0.191 e. The van der Waals surface area contributed by atoms with Gasteiger partial charge in [-0.3, -0.25) is 9.89 Å². The monoisotopic (exact) mass is 481 g/mol. The van der Waals surface area contributed by atoms with Gasteiger partial charge in [0.15, 0.2) is 5.96 Å². The van der Waals surface area contributed by atoms with Crippen LogP contribution in [0.1, 0.15) is 51.2 Å². The van der Waals surface area contributed by atoms with E-state index in [1.54, 1.807) is 11.3 Å². The molecule has 0 spiro atoms. The number of aryl methyl sites for hydroxylation is 2. The first-order valence-electron chi connectivity index (χ1n) is 9.05. The van der Waals surface area contributed by atoms with E-state index in [1.807, 2.05) is 7.05 Å². The predicted molar refractivity (Wildman–Crippen MR) is 122 cm³/mol. The smallest absolute Gasteiger partial charge is 0.191 e. The zero-order valence-corrected chi connectivity index (χ0v) is 19.8. The van der Waals surface area contributed by atoms with Gasteiger partial charge in [0.25, 0.3) is 0 Å². The zero-order valence-electron chi connectivity index (χ0n) is 16.6. The topological polar surface area (TPSA) is 52.6 Å². The molecule has 1 rings (SSSR count). The third-order valence-electron chi connectivity index (χ3n) is 3.99. The number of hydrogen-bond acceptors (Lipinski definition) is 4. The highest BCUT2D eigenvalue weighted by Crippen LogP contribution is 2.11. The van der Waals surface area contributed by atoms with Crippen LogP contribution in [0.5, 0.6) is 0 Å². The van der Waals surface area contributed by atoms with Crippen molar-refractivity contribution >= 4 is 41.3 Å². The number of rotatable bonds is 10. The number of halogens is 1. The zero-order chi connectivity index (χ0) is 17.9. The van der Waals surface area contributed by atoms with E-state index in [4.69, 9.17) is 0 Å². The lowest BCUT2D eigenvalue weighted by Crippen LogP contribution is -2.45. The van der Waals surface area contributed by atoms with Crippen LogP contribution in [0, 0.1) is 6.92 Å². The fraction of sp³-hybridized carbons (Fsp3) is 0.778. The summed E-state index contributed by atoms with van der Waals surface area (Å²) in [5.41, 5.74) is 1.13. The third-order valence-corrected chi connectivity index (χ3v) is 5.02. The summed E-state index contributed by atoms with van der Waals surface area (Å²) in [5, 5.41) is 10.2. The summed E-state index contributed by atoms with van der Waals surface area (Å²) in [6.07, 6.45) is 3.36. The minimum atomic E-state index is 0. The van der Waals surface area contributed by atoms with Crippen molar-refractivity contribution in [2.45, 2.75) is 66.0 Å². The molecule has 0 aromatic carbocycles. The Morgan fingerprint density at radius 3 is 2.32 bits per heavy atom. The summed E-state index contributed by atoms with van der Waals surface area (Å²) in [6, 6.07) is 1.13. The fourth-order valence-corrected chi connectivity index (χ4v) is 3.58. The number of aliphatic imine (C=N–C) groups is 1. The molecule has 7 heteroatoms. The van der Waals surface area contributed by atoms with Gasteiger partial charge in [-0.25, -0.2) is 4.98 Å². The van der Waals surface area contributed by atoms with Crippen molar-refractivity contribution in [1.82, 2.24) is 20.5 Å². The quantitative estimate of drug-likeness (QED) is 0.232. The van der Waals surface area contributed by atoms with Gasteiger partial charge in [-0.15, -0.1) is 35.3 Å². The van der Waals surface area contributed by atoms with E-state index in [9.17, 15) is 0 Å². The van der Waals surface area contributed by atoms with Crippen LogP contribution in [-0.2, 0) is 6.42 Å². The van der Waals surface area contributed by atoms with Crippen LogP contribution in [-0.4, -0.2) is 54.6 Å². The van der Waals surface area contributed by atoms with Crippen molar-refractivity contribution in [3.05, 3.63) is 16.1 Å². The highest BCUT2D eigenvalue weighted by atomic mass is 127. The highest BCUT2D eigenvalue weighted by molar-refractivity contribution is 14.0. The van der Waals surface area contributed by atoms with E-state index in [-0.39, 0.29) is 24.0 Å². The summed E-state index contributed by atoms with van der Waals surface area (Å²) in [7, 11) is 1.83. The Morgan fingerprint density at radius 1 is 1.16 bits per heavy atom. The van der Waals surface area contributed by atoms with Crippen LogP contribution in [0.3, 0.4) is 0 Å². The molecule has 0 aliphatic rings. The molecule has 0 fully saturated rings. The van der Waals surface area contributed by atoms with E-state index in [2.05, 4.69) is 65.5 Å². The first kappa shape index (κ1) is 24.6. The van der Waals surface area contributed by atoms with E-state index in [0.717, 1.165) is 50.6 Å². The number of guanidine groups is 1. The Bertz CT molecular complexity index is 480. The van der Waals surface area contributed by atoms with Crippen LogP contribution in [0.4, 0.5) is 0 Å². The van der Waals surface area contributed by atoms with Crippen molar-refractivity contribution in [1.29, 1.82) is 0 Å². The highest BCUT2D eigenvalue weighted by Gasteiger charge is 2.12. The summed E-state index contributed by atoms with van der Waals surface area (Å²) in [6.45, 7) is 13.9. The van der Waals surface area contributed by atoms with Gasteiger partial charge in [-0.05, 0) is 53.9 Å². The van der Waals surface area contributed by atoms with Gasteiger partial charge < -0.3 is 10.6 Å². The summed E-state index contributed by atoms with van der Waals surface area (Å²) < 4.78 is 0. The molecule has 1 heterocycles. The van der Waals surface area contributed by atoms with E-state index < -0.39 is 0 Å². The van der Waals surface area contributed by atoms with E-state index in [1.165, 1.54) is 5.01 Å². The number of nitrogens with zero attached hydrogens (tertiary/aromatic N) is 3. The largest absolute Gasteiger partial charge is 0.356 e. The van der Waals surface area contributed by atoms with Crippen LogP contribution in [0.15, 0.2) is 10.4 Å². The Kier molecular flexibility index (Phi) is 13.5. The average Bonchev–Trinajstić information content (AvgIpc) is 2.93. The molecule has 0 aliphatic carbocycles. The Hall–Kier alpha value is -0.410. The van der Waals surface area contributed by atoms with Crippen molar-refractivity contribution in [2.24, 2.45) is 4.99 Å².